The fourth-order valence-corrected chi connectivity index (χ4v) is 4.14. The molecule has 26 heavy (non-hydrogen) atoms. The van der Waals surface area contributed by atoms with Crippen LogP contribution in [0.1, 0.15) is 12.8 Å². The Bertz CT molecular complexity index is 958. The lowest BCUT2D eigenvalue weighted by Gasteiger charge is -2.28. The van der Waals surface area contributed by atoms with E-state index in [0.29, 0.717) is 5.13 Å². The first-order chi connectivity index (χ1) is 12.6. The van der Waals surface area contributed by atoms with Crippen LogP contribution in [0.4, 0.5) is 9.52 Å². The lowest BCUT2D eigenvalue weighted by Crippen LogP contribution is -2.38. The summed E-state index contributed by atoms with van der Waals surface area (Å²) in [4.78, 5) is 23.6. The average molecular weight is 370 g/mol. The van der Waals surface area contributed by atoms with Gasteiger partial charge in [-0.2, -0.15) is 4.39 Å². The summed E-state index contributed by atoms with van der Waals surface area (Å²) in [5, 5.41) is 5.21. The van der Waals surface area contributed by atoms with Gasteiger partial charge in [0.15, 0.2) is 5.13 Å². The van der Waals surface area contributed by atoms with Gasteiger partial charge >= 0.3 is 0 Å². The summed E-state index contributed by atoms with van der Waals surface area (Å²) in [6.45, 7) is 1.83. The molecule has 0 bridgehead atoms. The zero-order valence-corrected chi connectivity index (χ0v) is 15.2. The Kier molecular flexibility index (Phi) is 4.65. The number of aromatic nitrogens is 2. The number of pyridine rings is 1. The Labute approximate surface area is 154 Å². The smallest absolute Gasteiger partial charge is 0.230 e. The highest BCUT2D eigenvalue weighted by Crippen LogP contribution is 2.31. The van der Waals surface area contributed by atoms with Crippen LogP contribution in [-0.4, -0.2) is 40.9 Å². The minimum atomic E-state index is -0.496. The third-order valence-electron chi connectivity index (χ3n) is 4.70. The van der Waals surface area contributed by atoms with E-state index < -0.39 is 5.95 Å². The van der Waals surface area contributed by atoms with Crippen molar-refractivity contribution in [2.24, 2.45) is 5.92 Å². The molecule has 1 amide bonds. The molecule has 1 aromatic carbocycles. The highest BCUT2D eigenvalue weighted by molar-refractivity contribution is 7.19. The van der Waals surface area contributed by atoms with E-state index in [0.717, 1.165) is 47.1 Å². The highest BCUT2D eigenvalue weighted by atomic mass is 32.1. The molecule has 1 aliphatic heterocycles. The van der Waals surface area contributed by atoms with Crippen LogP contribution < -0.4 is 5.32 Å². The van der Waals surface area contributed by atoms with Crippen LogP contribution in [0.15, 0.2) is 36.7 Å². The number of hydrogen-bond donors (Lipinski definition) is 1. The number of halogens is 1. The number of carbonyl (C=O) groups excluding carboxylic acids is 1. The predicted octanol–water partition coefficient (Wildman–Crippen LogP) is 3.78. The lowest BCUT2D eigenvalue weighted by molar-refractivity contribution is -0.121. The molecule has 0 spiro atoms. The van der Waals surface area contributed by atoms with Crippen LogP contribution in [0.3, 0.4) is 0 Å². The van der Waals surface area contributed by atoms with E-state index in [1.165, 1.54) is 23.6 Å². The largest absolute Gasteiger partial charge is 0.306 e. The minimum absolute atomic E-state index is 0.0113. The van der Waals surface area contributed by atoms with E-state index in [4.69, 9.17) is 0 Å². The van der Waals surface area contributed by atoms with E-state index in [9.17, 15) is 9.18 Å². The van der Waals surface area contributed by atoms with Crippen LogP contribution in [0.2, 0.25) is 0 Å². The number of thiazole rings is 1. The van der Waals surface area contributed by atoms with Crippen molar-refractivity contribution in [3.63, 3.8) is 0 Å². The fourth-order valence-electron chi connectivity index (χ4n) is 3.32. The maximum atomic E-state index is 13.4. The second kappa shape index (κ2) is 7.09. The number of hydrogen-bond acceptors (Lipinski definition) is 5. The van der Waals surface area contributed by atoms with Gasteiger partial charge in [0.25, 0.3) is 0 Å². The van der Waals surface area contributed by atoms with Crippen LogP contribution in [0.25, 0.3) is 21.2 Å². The number of benzene rings is 1. The molecule has 7 heteroatoms. The van der Waals surface area contributed by atoms with Gasteiger partial charge in [0, 0.05) is 30.4 Å². The molecule has 1 aliphatic rings. The normalized spacial score (nSPS) is 18.2. The van der Waals surface area contributed by atoms with Gasteiger partial charge in [-0.3, -0.25) is 4.79 Å². The third kappa shape index (κ3) is 3.59. The number of amides is 1. The molecule has 134 valence electrons. The Hall–Kier alpha value is -2.38. The number of piperidine rings is 1. The molecule has 3 aromatic rings. The van der Waals surface area contributed by atoms with Gasteiger partial charge in [-0.15, -0.1) is 0 Å². The number of likely N-dealkylation sites (tertiary alicyclic amines) is 1. The summed E-state index contributed by atoms with van der Waals surface area (Å²) in [7, 11) is 2.04. The number of fused-ring (bicyclic) bond motifs is 1. The Morgan fingerprint density at radius 2 is 2.15 bits per heavy atom. The zero-order valence-electron chi connectivity index (χ0n) is 14.4. The van der Waals surface area contributed by atoms with Gasteiger partial charge in [-0.25, -0.2) is 9.97 Å². The molecule has 1 fully saturated rings. The van der Waals surface area contributed by atoms with Crippen molar-refractivity contribution in [2.45, 2.75) is 12.8 Å². The molecule has 4 rings (SSSR count). The van der Waals surface area contributed by atoms with Crippen molar-refractivity contribution in [3.8, 4) is 10.4 Å². The highest BCUT2D eigenvalue weighted by Gasteiger charge is 2.24. The van der Waals surface area contributed by atoms with Gasteiger partial charge in [0.2, 0.25) is 11.9 Å². The van der Waals surface area contributed by atoms with Gasteiger partial charge in [-0.05, 0) is 43.5 Å². The maximum absolute atomic E-state index is 13.4. The Morgan fingerprint density at radius 3 is 3.00 bits per heavy atom. The molecule has 2 aromatic heterocycles. The second-order valence-corrected chi connectivity index (χ2v) is 7.72. The summed E-state index contributed by atoms with van der Waals surface area (Å²) in [6.07, 6.45) is 5.22. The first-order valence-electron chi connectivity index (χ1n) is 8.59. The van der Waals surface area contributed by atoms with Gasteiger partial charge in [0.1, 0.15) is 0 Å². The first-order valence-corrected chi connectivity index (χ1v) is 9.41. The van der Waals surface area contributed by atoms with Gasteiger partial charge in [0.05, 0.1) is 10.8 Å². The third-order valence-corrected chi connectivity index (χ3v) is 5.67. The lowest BCUT2D eigenvalue weighted by atomic mass is 9.98. The second-order valence-electron chi connectivity index (χ2n) is 6.69. The first kappa shape index (κ1) is 17.1. The summed E-state index contributed by atoms with van der Waals surface area (Å²) in [5.74, 6) is -0.453. The van der Waals surface area contributed by atoms with E-state index in [1.54, 1.807) is 6.20 Å². The van der Waals surface area contributed by atoms with Crippen molar-refractivity contribution in [1.29, 1.82) is 0 Å². The van der Waals surface area contributed by atoms with E-state index >= 15 is 0 Å². The molecular weight excluding hydrogens is 351 g/mol. The van der Waals surface area contributed by atoms with Crippen molar-refractivity contribution in [1.82, 2.24) is 14.9 Å². The summed E-state index contributed by atoms with van der Waals surface area (Å²) in [6, 6.07) is 7.20. The fraction of sp³-hybridized carbons (Fsp3) is 0.316. The molecule has 1 saturated heterocycles. The number of anilines is 1. The molecule has 0 saturated carbocycles. The number of nitrogens with one attached hydrogen (secondary N) is 1. The van der Waals surface area contributed by atoms with Crippen molar-refractivity contribution in [2.75, 3.05) is 25.5 Å². The van der Waals surface area contributed by atoms with Crippen LogP contribution in [0.5, 0.6) is 0 Å². The van der Waals surface area contributed by atoms with Gasteiger partial charge < -0.3 is 10.2 Å². The standard InChI is InChI=1S/C19H19FN4OS/c1-24-6-2-3-14(11-24)18(25)23-19-22-10-16(26-19)12-4-5-13-9-21-17(20)8-15(13)7-12/h4-5,7-10,14H,2-3,6,11H2,1H3,(H,22,23,25). The maximum Gasteiger partial charge on any atom is 0.230 e. The zero-order chi connectivity index (χ0) is 18.1. The predicted molar refractivity (Wildman–Crippen MR) is 102 cm³/mol. The van der Waals surface area contributed by atoms with Gasteiger partial charge in [-0.1, -0.05) is 23.5 Å². The number of rotatable bonds is 3. The SMILES string of the molecule is CN1CCCC(C(=O)Nc2ncc(-c3ccc4cnc(F)cc4c3)s2)C1. The van der Waals surface area contributed by atoms with Crippen molar-refractivity contribution >= 4 is 33.1 Å². The van der Waals surface area contributed by atoms with Crippen LogP contribution in [0, 0.1) is 11.9 Å². The van der Waals surface area contributed by atoms with Crippen LogP contribution in [-0.2, 0) is 4.79 Å². The molecule has 1 unspecified atom stereocenters. The van der Waals surface area contributed by atoms with E-state index in [-0.39, 0.29) is 11.8 Å². The Balaban J connectivity index is 1.51. The van der Waals surface area contributed by atoms with E-state index in [1.807, 2.05) is 25.2 Å². The molecule has 5 nitrogen and oxygen atoms in total. The molecular formula is C19H19FN4OS. The minimum Gasteiger partial charge on any atom is -0.306 e. The topological polar surface area (TPSA) is 58.1 Å². The quantitative estimate of drug-likeness (QED) is 0.713. The average Bonchev–Trinajstić information content (AvgIpc) is 3.09. The summed E-state index contributed by atoms with van der Waals surface area (Å²) >= 11 is 1.43. The summed E-state index contributed by atoms with van der Waals surface area (Å²) in [5.41, 5.74) is 0.943. The molecule has 1 N–H and O–H groups in total. The van der Waals surface area contributed by atoms with Crippen LogP contribution >= 0.6 is 11.3 Å². The van der Waals surface area contributed by atoms with Crippen molar-refractivity contribution < 1.29 is 9.18 Å². The molecule has 0 radical (unpaired) electrons. The van der Waals surface area contributed by atoms with Crippen molar-refractivity contribution in [3.05, 3.63) is 42.6 Å². The molecule has 1 atom stereocenters. The Morgan fingerprint density at radius 1 is 1.27 bits per heavy atom. The monoisotopic (exact) mass is 370 g/mol. The number of carbonyl (C=O) groups is 1. The number of nitrogens with zero attached hydrogens (tertiary/aromatic N) is 3. The summed E-state index contributed by atoms with van der Waals surface area (Å²) < 4.78 is 13.4. The molecule has 0 aliphatic carbocycles. The van der Waals surface area contributed by atoms with E-state index in [2.05, 4.69) is 20.2 Å². The molecule has 3 heterocycles.